The molecule has 0 radical (unpaired) electrons. The second kappa shape index (κ2) is 9.15. The summed E-state index contributed by atoms with van der Waals surface area (Å²) in [4.78, 5) is 30.6. The van der Waals surface area contributed by atoms with Gasteiger partial charge in [-0.05, 0) is 80.3 Å². The highest BCUT2D eigenvalue weighted by Gasteiger charge is 2.47. The topological polar surface area (TPSA) is 79.3 Å². The van der Waals surface area contributed by atoms with Crippen molar-refractivity contribution in [3.8, 4) is 0 Å². The molecule has 0 bridgehead atoms. The highest BCUT2D eigenvalue weighted by atomic mass is 16.3. The SMILES string of the molecule is Cc1ncccc1NC(=O)c1ccc2c(c1)C(=O)CCC1CC(O)CCC21Cc1ccccc1. The molecule has 1 heterocycles. The van der Waals surface area contributed by atoms with Crippen LogP contribution in [-0.2, 0) is 11.8 Å². The second-order valence-corrected chi connectivity index (χ2v) is 9.76. The summed E-state index contributed by atoms with van der Waals surface area (Å²) in [6.45, 7) is 1.85. The van der Waals surface area contributed by atoms with Crippen molar-refractivity contribution >= 4 is 17.4 Å². The monoisotopic (exact) mass is 454 g/mol. The number of aromatic nitrogens is 1. The van der Waals surface area contributed by atoms with Gasteiger partial charge in [-0.15, -0.1) is 0 Å². The predicted octanol–water partition coefficient (Wildman–Crippen LogP) is 5.26. The Morgan fingerprint density at radius 2 is 1.94 bits per heavy atom. The Morgan fingerprint density at radius 3 is 2.74 bits per heavy atom. The Labute approximate surface area is 200 Å². The number of nitrogens with zero attached hydrogens (tertiary/aromatic N) is 1. The first-order chi connectivity index (χ1) is 16.5. The number of aryl methyl sites for hydroxylation is 1. The minimum Gasteiger partial charge on any atom is -0.393 e. The van der Waals surface area contributed by atoms with Crippen molar-refractivity contribution in [1.29, 1.82) is 0 Å². The number of nitrogens with one attached hydrogen (secondary N) is 1. The second-order valence-electron chi connectivity index (χ2n) is 9.76. The molecule has 3 unspecified atom stereocenters. The van der Waals surface area contributed by atoms with Gasteiger partial charge in [0.2, 0.25) is 0 Å². The van der Waals surface area contributed by atoms with Crippen LogP contribution in [0.1, 0.15) is 69.6 Å². The van der Waals surface area contributed by atoms with Crippen LogP contribution in [0.25, 0.3) is 0 Å². The molecule has 1 amide bonds. The van der Waals surface area contributed by atoms with Crippen molar-refractivity contribution in [2.75, 3.05) is 5.32 Å². The van der Waals surface area contributed by atoms with Gasteiger partial charge in [-0.2, -0.15) is 0 Å². The highest BCUT2D eigenvalue weighted by molar-refractivity contribution is 6.07. The fraction of sp³-hybridized carbons (Fsp3) is 0.345. The van der Waals surface area contributed by atoms with Gasteiger partial charge in [0.25, 0.3) is 5.91 Å². The maximum atomic E-state index is 13.3. The van der Waals surface area contributed by atoms with Gasteiger partial charge in [-0.1, -0.05) is 36.4 Å². The number of anilines is 1. The molecule has 3 atom stereocenters. The van der Waals surface area contributed by atoms with Gasteiger partial charge >= 0.3 is 0 Å². The van der Waals surface area contributed by atoms with Crippen molar-refractivity contribution < 1.29 is 14.7 Å². The van der Waals surface area contributed by atoms with E-state index in [9.17, 15) is 14.7 Å². The van der Waals surface area contributed by atoms with E-state index in [-0.39, 0.29) is 29.1 Å². The van der Waals surface area contributed by atoms with Crippen molar-refractivity contribution in [2.45, 2.75) is 57.0 Å². The predicted molar refractivity (Wildman–Crippen MR) is 132 cm³/mol. The smallest absolute Gasteiger partial charge is 0.255 e. The van der Waals surface area contributed by atoms with E-state index < -0.39 is 0 Å². The lowest BCUT2D eigenvalue weighted by atomic mass is 9.58. The molecule has 5 nitrogen and oxygen atoms in total. The zero-order chi connectivity index (χ0) is 23.7. The molecule has 1 aromatic heterocycles. The molecule has 2 aliphatic rings. The zero-order valence-corrected chi connectivity index (χ0v) is 19.5. The first-order valence-corrected chi connectivity index (χ1v) is 12.1. The number of hydrogen-bond donors (Lipinski definition) is 2. The van der Waals surface area contributed by atoms with Crippen LogP contribution in [-0.4, -0.2) is 27.9 Å². The van der Waals surface area contributed by atoms with Crippen molar-refractivity contribution in [2.24, 2.45) is 5.92 Å². The number of benzene rings is 2. The van der Waals surface area contributed by atoms with Crippen molar-refractivity contribution in [3.05, 3.63) is 94.8 Å². The summed E-state index contributed by atoms with van der Waals surface area (Å²) in [5.41, 5.74) is 4.58. The van der Waals surface area contributed by atoms with Crippen molar-refractivity contribution in [1.82, 2.24) is 4.98 Å². The molecule has 174 valence electrons. The highest BCUT2D eigenvalue weighted by Crippen LogP contribution is 2.51. The van der Waals surface area contributed by atoms with Crippen molar-refractivity contribution in [3.63, 3.8) is 0 Å². The molecule has 0 aliphatic heterocycles. The van der Waals surface area contributed by atoms with E-state index in [1.165, 1.54) is 5.56 Å². The lowest BCUT2D eigenvalue weighted by Crippen LogP contribution is -2.43. The third kappa shape index (κ3) is 4.16. The molecule has 3 aromatic rings. The maximum Gasteiger partial charge on any atom is 0.255 e. The minimum absolute atomic E-state index is 0.0820. The van der Waals surface area contributed by atoms with E-state index >= 15 is 0 Å². The number of Topliss-reactive ketones (excluding diaryl/α,β-unsaturated/α-hetero) is 1. The lowest BCUT2D eigenvalue weighted by Gasteiger charge is -2.46. The number of ketones is 1. The number of carbonyl (C=O) groups is 2. The van der Waals surface area contributed by atoms with Gasteiger partial charge in [-0.25, -0.2) is 0 Å². The summed E-state index contributed by atoms with van der Waals surface area (Å²) in [5.74, 6) is 0.0570. The lowest BCUT2D eigenvalue weighted by molar-refractivity contribution is 0.0465. The van der Waals surface area contributed by atoms with E-state index in [0.29, 0.717) is 29.7 Å². The van der Waals surface area contributed by atoms with Crippen LogP contribution < -0.4 is 5.32 Å². The number of rotatable bonds is 4. The number of fused-ring (bicyclic) bond motifs is 3. The number of carbonyl (C=O) groups excluding carboxylic acids is 2. The van der Waals surface area contributed by atoms with Gasteiger partial charge in [0.05, 0.1) is 17.5 Å². The summed E-state index contributed by atoms with van der Waals surface area (Å²) in [5, 5.41) is 13.4. The molecule has 34 heavy (non-hydrogen) atoms. The summed E-state index contributed by atoms with van der Waals surface area (Å²) < 4.78 is 0. The molecule has 2 aromatic carbocycles. The summed E-state index contributed by atoms with van der Waals surface area (Å²) in [6, 6.07) is 19.6. The molecule has 1 saturated carbocycles. The van der Waals surface area contributed by atoms with Gasteiger partial charge in [0.15, 0.2) is 5.78 Å². The zero-order valence-electron chi connectivity index (χ0n) is 19.5. The van der Waals surface area contributed by atoms with Crippen LogP contribution >= 0.6 is 0 Å². The quantitative estimate of drug-likeness (QED) is 0.564. The average Bonchev–Trinajstić information content (AvgIpc) is 2.96. The average molecular weight is 455 g/mol. The van der Waals surface area contributed by atoms with Gasteiger partial charge in [0, 0.05) is 29.2 Å². The van der Waals surface area contributed by atoms with Crippen LogP contribution in [0.5, 0.6) is 0 Å². The summed E-state index contributed by atoms with van der Waals surface area (Å²) >= 11 is 0. The molecule has 2 aliphatic carbocycles. The van der Waals surface area contributed by atoms with E-state index in [4.69, 9.17) is 0 Å². The molecule has 0 saturated heterocycles. The number of hydrogen-bond acceptors (Lipinski definition) is 4. The van der Waals surface area contributed by atoms with E-state index in [1.807, 2.05) is 31.2 Å². The third-order valence-electron chi connectivity index (χ3n) is 7.72. The first kappa shape index (κ1) is 22.5. The van der Waals surface area contributed by atoms with Crippen LogP contribution in [0.4, 0.5) is 5.69 Å². The Morgan fingerprint density at radius 1 is 1.12 bits per heavy atom. The van der Waals surface area contributed by atoms with Gasteiger partial charge in [0.1, 0.15) is 0 Å². The van der Waals surface area contributed by atoms with Crippen LogP contribution in [0, 0.1) is 12.8 Å². The van der Waals surface area contributed by atoms with E-state index in [1.54, 1.807) is 18.3 Å². The fourth-order valence-electron chi connectivity index (χ4n) is 5.94. The Bertz CT molecular complexity index is 1220. The van der Waals surface area contributed by atoms with Gasteiger partial charge < -0.3 is 10.4 Å². The Kier molecular flexibility index (Phi) is 6.05. The molecule has 5 rings (SSSR count). The maximum absolute atomic E-state index is 13.3. The molecule has 2 N–H and O–H groups in total. The number of aliphatic hydroxyl groups is 1. The Balaban J connectivity index is 1.56. The summed E-state index contributed by atoms with van der Waals surface area (Å²) in [6.07, 6.45) is 5.65. The van der Waals surface area contributed by atoms with E-state index in [0.717, 1.165) is 36.9 Å². The number of aliphatic hydroxyl groups excluding tert-OH is 1. The normalized spacial score (nSPS) is 24.0. The molecular weight excluding hydrogens is 424 g/mol. The fourth-order valence-corrected chi connectivity index (χ4v) is 5.94. The molecule has 5 heteroatoms. The molecule has 0 spiro atoms. The van der Waals surface area contributed by atoms with Crippen LogP contribution in [0.2, 0.25) is 0 Å². The first-order valence-electron chi connectivity index (χ1n) is 12.1. The molecule has 1 fully saturated rings. The minimum atomic E-state index is -0.321. The largest absolute Gasteiger partial charge is 0.393 e. The van der Waals surface area contributed by atoms with Crippen LogP contribution in [0.15, 0.2) is 66.9 Å². The number of amides is 1. The third-order valence-corrected chi connectivity index (χ3v) is 7.72. The number of pyridine rings is 1. The van der Waals surface area contributed by atoms with Crippen LogP contribution in [0.3, 0.4) is 0 Å². The van der Waals surface area contributed by atoms with Gasteiger partial charge in [-0.3, -0.25) is 14.6 Å². The van der Waals surface area contributed by atoms with E-state index in [2.05, 4.69) is 34.6 Å². The molecular formula is C29H30N2O3. The summed E-state index contributed by atoms with van der Waals surface area (Å²) in [7, 11) is 0. The Hall–Kier alpha value is -3.31. The standard InChI is InChI=1S/C29H30N2O3/c1-19-26(8-5-15-30-19)31-28(34)21-9-11-25-24(16-21)27(33)12-10-22-17-23(32)13-14-29(22,25)18-20-6-3-2-4-7-20/h2-9,11,15-16,22-23,32H,10,12-14,17-18H2,1H3,(H,31,34).